The molecule has 5 nitrogen and oxygen atoms in total. The minimum absolute atomic E-state index is 0.365. The Labute approximate surface area is 89.5 Å². The number of esters is 1. The van der Waals surface area contributed by atoms with E-state index in [0.29, 0.717) is 12.5 Å². The standard InChI is InChI=1S/C10H19NO4/c1-7(12)9(11)10(13)15-6-8-2-4-14-5-3-8/h7-9,12H,2-6,11H2,1H3. The van der Waals surface area contributed by atoms with Gasteiger partial charge in [-0.2, -0.15) is 0 Å². The minimum Gasteiger partial charge on any atom is -0.464 e. The Morgan fingerprint density at radius 3 is 2.73 bits per heavy atom. The zero-order valence-corrected chi connectivity index (χ0v) is 9.02. The van der Waals surface area contributed by atoms with Gasteiger partial charge in [-0.15, -0.1) is 0 Å². The van der Waals surface area contributed by atoms with Gasteiger partial charge in [0.2, 0.25) is 0 Å². The van der Waals surface area contributed by atoms with Crippen LogP contribution >= 0.6 is 0 Å². The number of carbonyl (C=O) groups is 1. The fourth-order valence-electron chi connectivity index (χ4n) is 1.41. The summed E-state index contributed by atoms with van der Waals surface area (Å²) in [5, 5.41) is 9.08. The van der Waals surface area contributed by atoms with Gasteiger partial charge in [0.15, 0.2) is 0 Å². The Morgan fingerprint density at radius 1 is 1.60 bits per heavy atom. The Hall–Kier alpha value is -0.650. The van der Waals surface area contributed by atoms with Crippen LogP contribution in [0.15, 0.2) is 0 Å². The molecule has 0 spiro atoms. The largest absolute Gasteiger partial charge is 0.464 e. The van der Waals surface area contributed by atoms with Crippen LogP contribution in [0.2, 0.25) is 0 Å². The van der Waals surface area contributed by atoms with E-state index in [1.807, 2.05) is 0 Å². The maximum atomic E-state index is 11.3. The lowest BCUT2D eigenvalue weighted by Crippen LogP contribution is -2.42. The van der Waals surface area contributed by atoms with Crippen molar-refractivity contribution in [3.05, 3.63) is 0 Å². The average molecular weight is 217 g/mol. The molecule has 0 saturated carbocycles. The molecule has 0 aliphatic carbocycles. The van der Waals surface area contributed by atoms with Gasteiger partial charge >= 0.3 is 5.97 Å². The van der Waals surface area contributed by atoms with E-state index in [-0.39, 0.29) is 0 Å². The van der Waals surface area contributed by atoms with Crippen molar-refractivity contribution in [3.8, 4) is 0 Å². The van der Waals surface area contributed by atoms with Gasteiger partial charge in [-0.3, -0.25) is 4.79 Å². The summed E-state index contributed by atoms with van der Waals surface area (Å²) in [7, 11) is 0. The van der Waals surface area contributed by atoms with Gasteiger partial charge in [-0.05, 0) is 25.7 Å². The molecule has 0 radical (unpaired) electrons. The minimum atomic E-state index is -0.940. The summed E-state index contributed by atoms with van der Waals surface area (Å²) in [6.07, 6.45) is 0.959. The first kappa shape index (κ1) is 12.4. The lowest BCUT2D eigenvalue weighted by atomic mass is 10.0. The smallest absolute Gasteiger partial charge is 0.325 e. The summed E-state index contributed by atoms with van der Waals surface area (Å²) in [6.45, 7) is 3.30. The second-order valence-corrected chi connectivity index (χ2v) is 3.95. The molecule has 88 valence electrons. The first-order valence-electron chi connectivity index (χ1n) is 5.29. The summed E-state index contributed by atoms with van der Waals surface area (Å²) in [5.74, 6) is -0.166. The highest BCUT2D eigenvalue weighted by Crippen LogP contribution is 2.14. The van der Waals surface area contributed by atoms with Gasteiger partial charge in [-0.1, -0.05) is 0 Å². The number of hydrogen-bond donors (Lipinski definition) is 2. The van der Waals surface area contributed by atoms with Crippen molar-refractivity contribution in [2.24, 2.45) is 11.7 Å². The molecule has 1 saturated heterocycles. The van der Waals surface area contributed by atoms with E-state index in [1.54, 1.807) is 0 Å². The third-order valence-corrected chi connectivity index (χ3v) is 2.59. The summed E-state index contributed by atoms with van der Waals surface area (Å²) < 4.78 is 10.2. The molecule has 1 rings (SSSR count). The third-order valence-electron chi connectivity index (χ3n) is 2.59. The van der Waals surface area contributed by atoms with Crippen molar-refractivity contribution >= 4 is 5.97 Å². The van der Waals surface area contributed by atoms with Gasteiger partial charge < -0.3 is 20.3 Å². The second kappa shape index (κ2) is 6.05. The molecule has 5 heteroatoms. The van der Waals surface area contributed by atoms with E-state index >= 15 is 0 Å². The lowest BCUT2D eigenvalue weighted by molar-refractivity contribution is -0.150. The maximum Gasteiger partial charge on any atom is 0.325 e. The molecular formula is C10H19NO4. The van der Waals surface area contributed by atoms with Crippen LogP contribution in [0, 0.1) is 5.92 Å². The molecule has 0 amide bonds. The molecule has 1 fully saturated rings. The van der Waals surface area contributed by atoms with Crippen LogP contribution < -0.4 is 5.73 Å². The van der Waals surface area contributed by atoms with Crippen LogP contribution in [0.4, 0.5) is 0 Å². The number of rotatable bonds is 4. The van der Waals surface area contributed by atoms with Gasteiger partial charge in [-0.25, -0.2) is 0 Å². The SMILES string of the molecule is CC(O)C(N)C(=O)OCC1CCOCC1. The fourth-order valence-corrected chi connectivity index (χ4v) is 1.41. The number of ether oxygens (including phenoxy) is 2. The number of carbonyl (C=O) groups excluding carboxylic acids is 1. The molecule has 1 aliphatic rings. The summed E-state index contributed by atoms with van der Waals surface area (Å²) in [5.41, 5.74) is 5.43. The topological polar surface area (TPSA) is 81.8 Å². The van der Waals surface area contributed by atoms with E-state index in [1.165, 1.54) is 6.92 Å². The van der Waals surface area contributed by atoms with E-state index in [9.17, 15) is 4.79 Å². The van der Waals surface area contributed by atoms with Gasteiger partial charge in [0.25, 0.3) is 0 Å². The molecule has 0 aromatic carbocycles. The summed E-state index contributed by atoms with van der Waals surface area (Å²) >= 11 is 0. The quantitative estimate of drug-likeness (QED) is 0.630. The molecule has 2 unspecified atom stereocenters. The third kappa shape index (κ3) is 4.15. The van der Waals surface area contributed by atoms with Crippen molar-refractivity contribution in [2.75, 3.05) is 19.8 Å². The predicted molar refractivity (Wildman–Crippen MR) is 54.2 cm³/mol. The van der Waals surface area contributed by atoms with E-state index in [4.69, 9.17) is 20.3 Å². The molecule has 1 aliphatic heterocycles. The molecular weight excluding hydrogens is 198 g/mol. The van der Waals surface area contributed by atoms with Crippen molar-refractivity contribution in [1.82, 2.24) is 0 Å². The normalized spacial score (nSPS) is 22.1. The fraction of sp³-hybridized carbons (Fsp3) is 0.900. The van der Waals surface area contributed by atoms with Crippen LogP contribution in [-0.4, -0.2) is 43.0 Å². The highest BCUT2D eigenvalue weighted by atomic mass is 16.5. The summed E-state index contributed by atoms with van der Waals surface area (Å²) in [4.78, 5) is 11.3. The maximum absolute atomic E-state index is 11.3. The number of aliphatic hydroxyl groups is 1. The van der Waals surface area contributed by atoms with E-state index in [2.05, 4.69) is 0 Å². The Bertz CT molecular complexity index is 202. The van der Waals surface area contributed by atoms with Crippen LogP contribution in [-0.2, 0) is 14.3 Å². The van der Waals surface area contributed by atoms with Crippen molar-refractivity contribution in [3.63, 3.8) is 0 Å². The van der Waals surface area contributed by atoms with Crippen molar-refractivity contribution < 1.29 is 19.4 Å². The highest BCUT2D eigenvalue weighted by molar-refractivity contribution is 5.76. The van der Waals surface area contributed by atoms with E-state index < -0.39 is 18.1 Å². The van der Waals surface area contributed by atoms with Crippen LogP contribution in [0.3, 0.4) is 0 Å². The van der Waals surface area contributed by atoms with Gasteiger partial charge in [0.05, 0.1) is 12.7 Å². The zero-order valence-electron chi connectivity index (χ0n) is 9.02. The second-order valence-electron chi connectivity index (χ2n) is 3.95. The molecule has 0 bridgehead atoms. The number of aliphatic hydroxyl groups excluding tert-OH is 1. The zero-order chi connectivity index (χ0) is 11.3. The first-order valence-corrected chi connectivity index (χ1v) is 5.29. The Morgan fingerprint density at radius 2 is 2.20 bits per heavy atom. The van der Waals surface area contributed by atoms with Gasteiger partial charge in [0, 0.05) is 13.2 Å². The molecule has 1 heterocycles. The monoisotopic (exact) mass is 217 g/mol. The number of hydrogen-bond acceptors (Lipinski definition) is 5. The Balaban J connectivity index is 2.20. The van der Waals surface area contributed by atoms with E-state index in [0.717, 1.165) is 26.1 Å². The van der Waals surface area contributed by atoms with Crippen LogP contribution in [0.5, 0.6) is 0 Å². The highest BCUT2D eigenvalue weighted by Gasteiger charge is 2.22. The lowest BCUT2D eigenvalue weighted by Gasteiger charge is -2.22. The Kier molecular flexibility index (Phi) is 5.01. The summed E-state index contributed by atoms with van der Waals surface area (Å²) in [6, 6.07) is -0.940. The van der Waals surface area contributed by atoms with Crippen LogP contribution in [0.1, 0.15) is 19.8 Å². The molecule has 2 atom stereocenters. The van der Waals surface area contributed by atoms with Gasteiger partial charge in [0.1, 0.15) is 6.04 Å². The molecule has 15 heavy (non-hydrogen) atoms. The van der Waals surface area contributed by atoms with Crippen molar-refractivity contribution in [1.29, 1.82) is 0 Å². The van der Waals surface area contributed by atoms with Crippen molar-refractivity contribution in [2.45, 2.75) is 31.9 Å². The predicted octanol–water partition coefficient (Wildman–Crippen LogP) is -0.336. The molecule has 0 aromatic rings. The average Bonchev–Trinajstić information content (AvgIpc) is 2.26. The first-order chi connectivity index (χ1) is 7.11. The molecule has 0 aromatic heterocycles. The number of nitrogens with two attached hydrogens (primary N) is 1. The molecule has 3 N–H and O–H groups in total. The van der Waals surface area contributed by atoms with Crippen LogP contribution in [0.25, 0.3) is 0 Å².